The lowest BCUT2D eigenvalue weighted by atomic mass is 10.1. The average Bonchev–Trinajstić information content (AvgIpc) is 2.63. The van der Waals surface area contributed by atoms with Crippen molar-refractivity contribution in [3.8, 4) is 0 Å². The van der Waals surface area contributed by atoms with Crippen LogP contribution in [0.3, 0.4) is 0 Å². The first-order chi connectivity index (χ1) is 14.1. The van der Waals surface area contributed by atoms with Gasteiger partial charge in [-0.05, 0) is 62.7 Å². The molecule has 0 aliphatic rings. The van der Waals surface area contributed by atoms with Gasteiger partial charge in [-0.3, -0.25) is 9.44 Å². The molecule has 0 radical (unpaired) electrons. The molecule has 0 aliphatic carbocycles. The van der Waals surface area contributed by atoms with E-state index >= 15 is 0 Å². The van der Waals surface area contributed by atoms with Crippen molar-refractivity contribution in [3.05, 3.63) is 41.0 Å². The highest BCUT2D eigenvalue weighted by molar-refractivity contribution is 7.93. The molecule has 2 aromatic carbocycles. The second-order valence-corrected chi connectivity index (χ2v) is 12.2. The fourth-order valence-electron chi connectivity index (χ4n) is 3.23. The summed E-state index contributed by atoms with van der Waals surface area (Å²) in [4.78, 5) is -0.225. The lowest BCUT2D eigenvalue weighted by molar-refractivity contribution is 0.587. The zero-order valence-electron chi connectivity index (χ0n) is 18.0. The summed E-state index contributed by atoms with van der Waals surface area (Å²) in [5.74, 6) is 0. The number of aryl methyl sites for hydroxylation is 2. The molecule has 13 heteroatoms. The molecule has 0 unspecified atom stereocenters. The van der Waals surface area contributed by atoms with Crippen LogP contribution in [0, 0.1) is 20.8 Å². The molecule has 0 bridgehead atoms. The number of sulfonamides is 3. The number of hydrogen-bond donors (Lipinski definition) is 4. The molecule has 0 aliphatic heterocycles. The largest absolute Gasteiger partial charge is 0.386 e. The van der Waals surface area contributed by atoms with Crippen LogP contribution < -0.4 is 19.5 Å². The predicted octanol–water partition coefficient (Wildman–Crippen LogP) is 1.73. The first kappa shape index (κ1) is 24.9. The molecule has 172 valence electrons. The van der Waals surface area contributed by atoms with Gasteiger partial charge in [0.05, 0.1) is 33.1 Å². The summed E-state index contributed by atoms with van der Waals surface area (Å²) in [7, 11) is -8.84. The van der Waals surface area contributed by atoms with Crippen molar-refractivity contribution in [2.45, 2.75) is 30.6 Å². The van der Waals surface area contributed by atoms with Gasteiger partial charge in [0.2, 0.25) is 20.0 Å². The maximum atomic E-state index is 13.3. The topological polar surface area (TPSA) is 151 Å². The van der Waals surface area contributed by atoms with E-state index in [1.54, 1.807) is 27.0 Å². The van der Waals surface area contributed by atoms with E-state index in [-0.39, 0.29) is 26.7 Å². The molecule has 0 heterocycles. The Kier molecular flexibility index (Phi) is 6.95. The van der Waals surface area contributed by atoms with Crippen molar-refractivity contribution in [1.82, 2.24) is 4.72 Å². The van der Waals surface area contributed by atoms with Crippen LogP contribution in [0.2, 0.25) is 0 Å². The number of hydrogen-bond acceptors (Lipinski definition) is 7. The Hall–Kier alpha value is -2.35. The molecular weight excluding hydrogens is 464 g/mol. The maximum Gasteiger partial charge on any atom is 0.262 e. The molecule has 0 fully saturated rings. The molecule has 31 heavy (non-hydrogen) atoms. The van der Waals surface area contributed by atoms with Crippen LogP contribution >= 0.6 is 0 Å². The molecule has 2 aromatic rings. The van der Waals surface area contributed by atoms with Crippen molar-refractivity contribution in [2.24, 2.45) is 0 Å². The minimum Gasteiger partial charge on any atom is -0.386 e. The van der Waals surface area contributed by atoms with Crippen molar-refractivity contribution in [2.75, 3.05) is 35.1 Å². The van der Waals surface area contributed by atoms with E-state index in [2.05, 4.69) is 19.5 Å². The number of nitrogens with one attached hydrogen (secondary N) is 4. The van der Waals surface area contributed by atoms with Crippen LogP contribution in [0.25, 0.3) is 0 Å². The van der Waals surface area contributed by atoms with Gasteiger partial charge in [-0.2, -0.15) is 0 Å². The van der Waals surface area contributed by atoms with Gasteiger partial charge in [0.1, 0.15) is 0 Å². The lowest BCUT2D eigenvalue weighted by Crippen LogP contribution is -2.21. The van der Waals surface area contributed by atoms with Crippen LogP contribution in [0.15, 0.2) is 34.1 Å². The summed E-state index contributed by atoms with van der Waals surface area (Å²) in [6.07, 6.45) is 0.977. The van der Waals surface area contributed by atoms with Gasteiger partial charge in [-0.15, -0.1) is 0 Å². The molecular formula is C18H26N4O6S3. The zero-order valence-corrected chi connectivity index (χ0v) is 20.4. The minimum atomic E-state index is -4.21. The Morgan fingerprint density at radius 1 is 0.742 bits per heavy atom. The Bertz CT molecular complexity index is 1330. The third-order valence-corrected chi connectivity index (χ3v) is 8.18. The van der Waals surface area contributed by atoms with E-state index in [4.69, 9.17) is 0 Å². The summed E-state index contributed by atoms with van der Waals surface area (Å²) in [6.45, 7) is 4.77. The fourth-order valence-corrected chi connectivity index (χ4v) is 6.22. The second-order valence-electron chi connectivity index (χ2n) is 6.98. The van der Waals surface area contributed by atoms with Crippen LogP contribution in [-0.2, 0) is 30.1 Å². The van der Waals surface area contributed by atoms with Crippen molar-refractivity contribution >= 4 is 47.1 Å². The molecule has 0 atom stereocenters. The van der Waals surface area contributed by atoms with Crippen molar-refractivity contribution in [1.29, 1.82) is 0 Å². The van der Waals surface area contributed by atoms with E-state index < -0.39 is 30.1 Å². The smallest absolute Gasteiger partial charge is 0.262 e. The molecule has 2 rings (SSSR count). The highest BCUT2D eigenvalue weighted by atomic mass is 32.2. The summed E-state index contributed by atoms with van der Waals surface area (Å²) in [5.41, 5.74) is 1.75. The SMILES string of the molecule is CNc1ccc(S(=O)(=O)NC)cc1NS(=O)(=O)c1c(C)cc(C)c(NS(C)(=O)=O)c1C. The van der Waals surface area contributed by atoms with Crippen LogP contribution in [0.4, 0.5) is 17.1 Å². The van der Waals surface area contributed by atoms with E-state index in [0.29, 0.717) is 16.8 Å². The van der Waals surface area contributed by atoms with Gasteiger partial charge in [0.25, 0.3) is 10.0 Å². The summed E-state index contributed by atoms with van der Waals surface area (Å²) in [5, 5.41) is 2.81. The molecule has 0 spiro atoms. The average molecular weight is 491 g/mol. The maximum absolute atomic E-state index is 13.3. The van der Waals surface area contributed by atoms with E-state index in [0.717, 1.165) is 6.26 Å². The molecule has 0 amide bonds. The van der Waals surface area contributed by atoms with Crippen LogP contribution in [0.5, 0.6) is 0 Å². The third kappa shape index (κ3) is 5.47. The number of rotatable bonds is 8. The first-order valence-corrected chi connectivity index (χ1v) is 13.9. The molecule has 0 saturated carbocycles. The Labute approximate surface area is 183 Å². The van der Waals surface area contributed by atoms with Gasteiger partial charge in [-0.1, -0.05) is 6.07 Å². The fraction of sp³-hybridized carbons (Fsp3) is 0.333. The molecule has 10 nitrogen and oxygen atoms in total. The standard InChI is InChI=1S/C18H26N4O6S3/c1-11-9-12(2)18(13(3)17(11)22-29(6,23)24)31(27,28)21-16-10-14(30(25,26)20-5)7-8-15(16)19-4/h7-10,19-22H,1-6H3. The van der Waals surface area contributed by atoms with E-state index in [9.17, 15) is 25.3 Å². The van der Waals surface area contributed by atoms with Gasteiger partial charge < -0.3 is 5.32 Å². The van der Waals surface area contributed by atoms with Crippen molar-refractivity contribution < 1.29 is 25.3 Å². The zero-order chi connectivity index (χ0) is 23.8. The monoisotopic (exact) mass is 490 g/mol. The summed E-state index contributed by atoms with van der Waals surface area (Å²) in [6, 6.07) is 5.54. The molecule has 0 saturated heterocycles. The van der Waals surface area contributed by atoms with Gasteiger partial charge >= 0.3 is 0 Å². The normalized spacial score (nSPS) is 12.5. The third-order valence-electron chi connectivity index (χ3n) is 4.54. The quantitative estimate of drug-likeness (QED) is 0.440. The number of benzene rings is 2. The Morgan fingerprint density at radius 3 is 1.87 bits per heavy atom. The Morgan fingerprint density at radius 2 is 1.35 bits per heavy atom. The summed E-state index contributed by atoms with van der Waals surface area (Å²) < 4.78 is 81.3. The second kappa shape index (κ2) is 8.65. The predicted molar refractivity (Wildman–Crippen MR) is 122 cm³/mol. The highest BCUT2D eigenvalue weighted by Gasteiger charge is 2.25. The van der Waals surface area contributed by atoms with E-state index in [1.165, 1.54) is 32.2 Å². The number of anilines is 3. The molecule has 4 N–H and O–H groups in total. The highest BCUT2D eigenvalue weighted by Crippen LogP contribution is 2.34. The van der Waals surface area contributed by atoms with Crippen LogP contribution in [0.1, 0.15) is 16.7 Å². The van der Waals surface area contributed by atoms with E-state index in [1.807, 2.05) is 0 Å². The first-order valence-electron chi connectivity index (χ1n) is 8.99. The van der Waals surface area contributed by atoms with Crippen LogP contribution in [-0.4, -0.2) is 45.6 Å². The minimum absolute atomic E-state index is 0.0239. The van der Waals surface area contributed by atoms with Gasteiger partial charge in [0.15, 0.2) is 0 Å². The van der Waals surface area contributed by atoms with Gasteiger partial charge in [-0.25, -0.2) is 30.0 Å². The van der Waals surface area contributed by atoms with Crippen molar-refractivity contribution in [3.63, 3.8) is 0 Å². The lowest BCUT2D eigenvalue weighted by Gasteiger charge is -2.20. The Balaban J connectivity index is 2.67. The van der Waals surface area contributed by atoms with Gasteiger partial charge in [0, 0.05) is 7.05 Å². The summed E-state index contributed by atoms with van der Waals surface area (Å²) >= 11 is 0. The molecule has 0 aromatic heterocycles.